The first-order chi connectivity index (χ1) is 5.95. The van der Waals surface area contributed by atoms with Crippen molar-refractivity contribution in [2.75, 3.05) is 19.8 Å². The number of hydrogen-bond acceptors (Lipinski definition) is 3. The van der Waals surface area contributed by atoms with Crippen molar-refractivity contribution in [1.29, 1.82) is 0 Å². The molecule has 12 heavy (non-hydrogen) atoms. The highest BCUT2D eigenvalue weighted by atomic mass is 16.5. The number of amidine groups is 1. The number of hydrogen-bond donors (Lipinski definition) is 1. The largest absolute Gasteiger partial charge is 0.377 e. The van der Waals surface area contributed by atoms with E-state index in [4.69, 9.17) is 4.74 Å². The fourth-order valence-electron chi connectivity index (χ4n) is 1.55. The third kappa shape index (κ3) is 1.97. The third-order valence-corrected chi connectivity index (χ3v) is 2.38. The molecule has 3 nitrogen and oxygen atoms in total. The summed E-state index contributed by atoms with van der Waals surface area (Å²) in [6.07, 6.45) is 5.01. The van der Waals surface area contributed by atoms with Gasteiger partial charge in [0.1, 0.15) is 0 Å². The molecule has 2 heterocycles. The van der Waals surface area contributed by atoms with Crippen molar-refractivity contribution >= 4 is 5.84 Å². The third-order valence-electron chi connectivity index (χ3n) is 2.38. The van der Waals surface area contributed by atoms with E-state index in [1.807, 2.05) is 0 Å². The average molecular weight is 168 g/mol. The monoisotopic (exact) mass is 168 g/mol. The van der Waals surface area contributed by atoms with E-state index in [9.17, 15) is 0 Å². The molecule has 0 aromatic rings. The van der Waals surface area contributed by atoms with E-state index in [-0.39, 0.29) is 0 Å². The number of nitrogens with zero attached hydrogens (tertiary/aromatic N) is 1. The van der Waals surface area contributed by atoms with Crippen molar-refractivity contribution in [1.82, 2.24) is 5.32 Å². The van der Waals surface area contributed by atoms with Crippen molar-refractivity contribution < 1.29 is 4.74 Å². The van der Waals surface area contributed by atoms with E-state index in [2.05, 4.69) is 10.3 Å². The molecule has 2 rings (SSSR count). The minimum Gasteiger partial charge on any atom is -0.377 e. The first-order valence-corrected chi connectivity index (χ1v) is 4.83. The zero-order valence-corrected chi connectivity index (χ0v) is 7.38. The first kappa shape index (κ1) is 8.05. The maximum Gasteiger partial charge on any atom is 0.0966 e. The van der Waals surface area contributed by atoms with Crippen molar-refractivity contribution in [3.05, 3.63) is 0 Å². The van der Waals surface area contributed by atoms with Crippen LogP contribution in [0.4, 0.5) is 0 Å². The molecule has 0 saturated carbocycles. The summed E-state index contributed by atoms with van der Waals surface area (Å²) < 4.78 is 5.09. The molecule has 1 fully saturated rings. The van der Waals surface area contributed by atoms with Crippen molar-refractivity contribution in [3.8, 4) is 0 Å². The summed E-state index contributed by atoms with van der Waals surface area (Å²) >= 11 is 0. The molecule has 1 N–H and O–H groups in total. The molecule has 1 saturated heterocycles. The molecular formula is C9H16N2O. The number of rotatable bonds is 1. The van der Waals surface area contributed by atoms with Gasteiger partial charge in [0.25, 0.3) is 0 Å². The predicted octanol–water partition coefficient (Wildman–Crippen LogP) is 0.947. The normalized spacial score (nSPS) is 25.5. The zero-order chi connectivity index (χ0) is 8.23. The second kappa shape index (κ2) is 3.90. The van der Waals surface area contributed by atoms with Gasteiger partial charge in [-0.3, -0.25) is 4.99 Å². The summed E-state index contributed by atoms with van der Waals surface area (Å²) in [6, 6.07) is 0.543. The number of nitrogens with one attached hydrogen (secondary N) is 1. The summed E-state index contributed by atoms with van der Waals surface area (Å²) in [4.78, 5) is 4.50. The molecule has 68 valence electrons. The second-order valence-corrected chi connectivity index (χ2v) is 3.52. The Labute approximate surface area is 73.2 Å². The topological polar surface area (TPSA) is 33.6 Å². The van der Waals surface area contributed by atoms with Crippen LogP contribution in [0.25, 0.3) is 0 Å². The molecule has 0 bridgehead atoms. The number of ether oxygens (including phenoxy) is 1. The van der Waals surface area contributed by atoms with Crippen LogP contribution in [-0.4, -0.2) is 31.6 Å². The predicted molar refractivity (Wildman–Crippen MR) is 48.5 cm³/mol. The highest BCUT2D eigenvalue weighted by molar-refractivity contribution is 5.82. The van der Waals surface area contributed by atoms with Crippen LogP contribution in [0.1, 0.15) is 25.7 Å². The SMILES string of the molecule is C1CCN=C(NC2COC2)CC1. The molecule has 2 aliphatic rings. The van der Waals surface area contributed by atoms with Crippen LogP contribution in [0.5, 0.6) is 0 Å². The smallest absolute Gasteiger partial charge is 0.0966 e. The lowest BCUT2D eigenvalue weighted by atomic mass is 10.2. The summed E-state index contributed by atoms with van der Waals surface area (Å²) in [5.41, 5.74) is 0. The second-order valence-electron chi connectivity index (χ2n) is 3.52. The molecule has 2 aliphatic heterocycles. The lowest BCUT2D eigenvalue weighted by Gasteiger charge is -2.28. The number of aliphatic imine (C=N–C) groups is 1. The van der Waals surface area contributed by atoms with Gasteiger partial charge in [-0.25, -0.2) is 0 Å². The molecule has 0 atom stereocenters. The van der Waals surface area contributed by atoms with E-state index in [0.29, 0.717) is 6.04 Å². The molecular weight excluding hydrogens is 152 g/mol. The van der Waals surface area contributed by atoms with Crippen molar-refractivity contribution in [3.63, 3.8) is 0 Å². The Bertz CT molecular complexity index is 175. The molecule has 3 heteroatoms. The van der Waals surface area contributed by atoms with Crippen molar-refractivity contribution in [2.24, 2.45) is 4.99 Å². The zero-order valence-electron chi connectivity index (χ0n) is 7.38. The van der Waals surface area contributed by atoms with Gasteiger partial charge in [-0.1, -0.05) is 6.42 Å². The van der Waals surface area contributed by atoms with Gasteiger partial charge in [0.15, 0.2) is 0 Å². The fourth-order valence-corrected chi connectivity index (χ4v) is 1.55. The summed E-state index contributed by atoms with van der Waals surface area (Å²) in [6.45, 7) is 2.73. The van der Waals surface area contributed by atoms with Gasteiger partial charge in [-0.15, -0.1) is 0 Å². The fraction of sp³-hybridized carbons (Fsp3) is 0.889. The lowest BCUT2D eigenvalue weighted by Crippen LogP contribution is -2.48. The van der Waals surface area contributed by atoms with Gasteiger partial charge < -0.3 is 10.1 Å². The average Bonchev–Trinajstić information content (AvgIpc) is 2.24. The molecule has 0 amide bonds. The van der Waals surface area contributed by atoms with Gasteiger partial charge in [-0.2, -0.15) is 0 Å². The summed E-state index contributed by atoms with van der Waals surface area (Å²) in [7, 11) is 0. The van der Waals surface area contributed by atoms with Crippen LogP contribution < -0.4 is 5.32 Å². The van der Waals surface area contributed by atoms with E-state index >= 15 is 0 Å². The Morgan fingerprint density at radius 2 is 2.17 bits per heavy atom. The van der Waals surface area contributed by atoms with E-state index < -0.39 is 0 Å². The highest BCUT2D eigenvalue weighted by Crippen LogP contribution is 2.08. The molecule has 0 aromatic carbocycles. The van der Waals surface area contributed by atoms with Gasteiger partial charge in [0, 0.05) is 13.0 Å². The Kier molecular flexibility index (Phi) is 2.61. The van der Waals surface area contributed by atoms with Crippen LogP contribution >= 0.6 is 0 Å². The minimum absolute atomic E-state index is 0.543. The van der Waals surface area contributed by atoms with Gasteiger partial charge in [0.05, 0.1) is 25.1 Å². The Morgan fingerprint density at radius 3 is 2.92 bits per heavy atom. The van der Waals surface area contributed by atoms with Crippen LogP contribution in [0, 0.1) is 0 Å². The standard InChI is InChI=1S/C9H16N2O/c1-2-4-9(10-5-3-1)11-8-6-12-7-8/h8H,1-7H2,(H,10,11). The first-order valence-electron chi connectivity index (χ1n) is 4.83. The molecule has 0 spiro atoms. The Morgan fingerprint density at radius 1 is 1.25 bits per heavy atom. The van der Waals surface area contributed by atoms with Crippen LogP contribution in [-0.2, 0) is 4.74 Å². The molecule has 0 aromatic heterocycles. The van der Waals surface area contributed by atoms with Crippen LogP contribution in [0.15, 0.2) is 4.99 Å². The summed E-state index contributed by atoms with van der Waals surface area (Å²) in [5, 5.41) is 3.42. The lowest BCUT2D eigenvalue weighted by molar-refractivity contribution is 0.00299. The van der Waals surface area contributed by atoms with Gasteiger partial charge >= 0.3 is 0 Å². The molecule has 0 radical (unpaired) electrons. The molecule has 0 unspecified atom stereocenters. The summed E-state index contributed by atoms with van der Waals surface area (Å²) in [5.74, 6) is 1.21. The Balaban J connectivity index is 1.79. The van der Waals surface area contributed by atoms with Crippen LogP contribution in [0.2, 0.25) is 0 Å². The minimum atomic E-state index is 0.543. The maximum atomic E-state index is 5.09. The van der Waals surface area contributed by atoms with Crippen molar-refractivity contribution in [2.45, 2.75) is 31.7 Å². The van der Waals surface area contributed by atoms with E-state index in [1.165, 1.54) is 25.1 Å². The maximum absolute atomic E-state index is 5.09. The van der Waals surface area contributed by atoms with Gasteiger partial charge in [0.2, 0.25) is 0 Å². The quantitative estimate of drug-likeness (QED) is 0.632. The van der Waals surface area contributed by atoms with E-state index in [0.717, 1.165) is 26.2 Å². The van der Waals surface area contributed by atoms with Crippen LogP contribution in [0.3, 0.4) is 0 Å². The van der Waals surface area contributed by atoms with E-state index in [1.54, 1.807) is 0 Å². The highest BCUT2D eigenvalue weighted by Gasteiger charge is 2.19. The Hall–Kier alpha value is -0.570. The molecule has 0 aliphatic carbocycles. The van der Waals surface area contributed by atoms with Gasteiger partial charge in [-0.05, 0) is 12.8 Å².